The number of nitrogens with one attached hydrogen (secondary N) is 2. The van der Waals surface area contributed by atoms with Crippen molar-refractivity contribution in [2.24, 2.45) is 12.0 Å². The molecular formula is C20H28IN7O2. The summed E-state index contributed by atoms with van der Waals surface area (Å²) in [5, 5.41) is 10.1. The Labute approximate surface area is 193 Å². The van der Waals surface area contributed by atoms with Gasteiger partial charge in [-0.05, 0) is 12.0 Å². The topological polar surface area (TPSA) is 94.9 Å². The van der Waals surface area contributed by atoms with Gasteiger partial charge in [-0.15, -0.1) is 24.0 Å². The molecule has 9 nitrogen and oxygen atoms in total. The molecule has 10 heteroatoms. The summed E-state index contributed by atoms with van der Waals surface area (Å²) < 4.78 is 1.67. The lowest BCUT2D eigenvalue weighted by molar-refractivity contribution is -0.120. The van der Waals surface area contributed by atoms with Gasteiger partial charge in [0.1, 0.15) is 6.54 Å². The molecule has 1 fully saturated rings. The zero-order chi connectivity index (χ0) is 20.6. The Hall–Kier alpha value is -2.63. The van der Waals surface area contributed by atoms with E-state index in [4.69, 9.17) is 0 Å². The zero-order valence-corrected chi connectivity index (χ0v) is 19.6. The Morgan fingerprint density at radius 2 is 1.97 bits per heavy atom. The van der Waals surface area contributed by atoms with Crippen LogP contribution in [0.3, 0.4) is 0 Å². The van der Waals surface area contributed by atoms with E-state index < -0.39 is 0 Å². The van der Waals surface area contributed by atoms with Crippen molar-refractivity contribution in [2.45, 2.75) is 6.42 Å². The van der Waals surface area contributed by atoms with Gasteiger partial charge < -0.3 is 20.4 Å². The monoisotopic (exact) mass is 525 g/mol. The number of carbonyl (C=O) groups is 2. The van der Waals surface area contributed by atoms with E-state index in [1.807, 2.05) is 48.5 Å². The van der Waals surface area contributed by atoms with E-state index in [-0.39, 0.29) is 48.9 Å². The number of carbonyl (C=O) groups excluding carboxylic acids is 2. The van der Waals surface area contributed by atoms with Gasteiger partial charge in [0.05, 0.1) is 18.4 Å². The average molecular weight is 525 g/mol. The molecule has 1 saturated heterocycles. The Morgan fingerprint density at radius 3 is 2.60 bits per heavy atom. The maximum Gasteiger partial charge on any atom is 0.246 e. The molecule has 2 N–H and O–H groups in total. The molecule has 2 amide bonds. The number of aryl methyl sites for hydroxylation is 1. The van der Waals surface area contributed by atoms with Crippen LogP contribution >= 0.6 is 24.0 Å². The third kappa shape index (κ3) is 6.44. The largest absolute Gasteiger partial charge is 0.354 e. The van der Waals surface area contributed by atoms with Crippen LogP contribution in [0.2, 0.25) is 0 Å². The number of benzene rings is 1. The first-order valence-electron chi connectivity index (χ1n) is 9.62. The SMILES string of the molecule is CN=C(NCC(=O)NCCc1ccccc1)N1CCN(c2cnn(C)c2)C(=O)C1.I. The van der Waals surface area contributed by atoms with Crippen molar-refractivity contribution in [3.05, 3.63) is 48.3 Å². The molecule has 3 rings (SSSR count). The standard InChI is InChI=1S/C20H27N7O2.HI/c1-21-20(23-13-18(28)22-9-8-16-6-4-3-5-7-16)26-10-11-27(19(29)15-26)17-12-24-25(2)14-17;/h3-7,12,14H,8-11,13,15H2,1-2H3,(H,21,23)(H,22,28);1H. The second-order valence-electron chi connectivity index (χ2n) is 6.83. The molecule has 0 spiro atoms. The van der Waals surface area contributed by atoms with E-state index in [2.05, 4.69) is 20.7 Å². The van der Waals surface area contributed by atoms with Crippen molar-refractivity contribution in [1.82, 2.24) is 25.3 Å². The van der Waals surface area contributed by atoms with E-state index in [9.17, 15) is 9.59 Å². The molecule has 0 radical (unpaired) electrons. The van der Waals surface area contributed by atoms with Gasteiger partial charge in [0.15, 0.2) is 5.96 Å². The lowest BCUT2D eigenvalue weighted by Crippen LogP contribution is -2.56. The molecular weight excluding hydrogens is 497 g/mol. The van der Waals surface area contributed by atoms with Gasteiger partial charge in [-0.1, -0.05) is 30.3 Å². The van der Waals surface area contributed by atoms with Crippen LogP contribution in [0.15, 0.2) is 47.7 Å². The first-order valence-corrected chi connectivity index (χ1v) is 9.62. The van der Waals surface area contributed by atoms with Gasteiger partial charge in [-0.25, -0.2) is 0 Å². The summed E-state index contributed by atoms with van der Waals surface area (Å²) in [6.45, 7) is 2.04. The molecule has 0 bridgehead atoms. The second-order valence-corrected chi connectivity index (χ2v) is 6.83. The van der Waals surface area contributed by atoms with Crippen LogP contribution in [0.25, 0.3) is 0 Å². The Bertz CT molecular complexity index is 869. The predicted octanol–water partition coefficient (Wildman–Crippen LogP) is 0.621. The molecule has 1 aliphatic rings. The lowest BCUT2D eigenvalue weighted by atomic mass is 10.1. The van der Waals surface area contributed by atoms with Gasteiger partial charge in [0, 0.05) is 39.9 Å². The van der Waals surface area contributed by atoms with Crippen molar-refractivity contribution in [1.29, 1.82) is 0 Å². The Kier molecular flexibility index (Phi) is 9.09. The molecule has 2 aromatic rings. The fourth-order valence-corrected chi connectivity index (χ4v) is 3.22. The summed E-state index contributed by atoms with van der Waals surface area (Å²) in [7, 11) is 3.47. The first kappa shape index (κ1) is 23.6. The number of piperazine rings is 1. The van der Waals surface area contributed by atoms with E-state index in [1.54, 1.807) is 22.8 Å². The summed E-state index contributed by atoms with van der Waals surface area (Å²) in [4.78, 5) is 32.4. The summed E-state index contributed by atoms with van der Waals surface area (Å²) in [5.74, 6) is 0.407. The zero-order valence-electron chi connectivity index (χ0n) is 17.2. The van der Waals surface area contributed by atoms with Crippen molar-refractivity contribution >= 4 is 47.4 Å². The highest BCUT2D eigenvalue weighted by molar-refractivity contribution is 14.0. The van der Waals surface area contributed by atoms with Crippen LogP contribution in [-0.2, 0) is 23.1 Å². The predicted molar refractivity (Wildman–Crippen MR) is 127 cm³/mol. The van der Waals surface area contributed by atoms with Crippen molar-refractivity contribution in [2.75, 3.05) is 44.7 Å². The quantitative estimate of drug-likeness (QED) is 0.328. The number of aliphatic imine (C=N–C) groups is 1. The number of nitrogens with zero attached hydrogens (tertiary/aromatic N) is 5. The summed E-state index contributed by atoms with van der Waals surface area (Å²) in [6.07, 6.45) is 4.28. The summed E-state index contributed by atoms with van der Waals surface area (Å²) >= 11 is 0. The molecule has 2 heterocycles. The van der Waals surface area contributed by atoms with Crippen LogP contribution in [-0.4, -0.2) is 72.2 Å². The molecule has 0 atom stereocenters. The number of rotatable bonds is 6. The third-order valence-electron chi connectivity index (χ3n) is 4.72. The number of halogens is 1. The van der Waals surface area contributed by atoms with E-state index in [0.29, 0.717) is 25.6 Å². The van der Waals surface area contributed by atoms with E-state index in [0.717, 1.165) is 12.1 Å². The number of amides is 2. The minimum absolute atomic E-state index is 0. The van der Waals surface area contributed by atoms with Gasteiger partial charge in [-0.2, -0.15) is 5.10 Å². The van der Waals surface area contributed by atoms with E-state index in [1.165, 1.54) is 5.56 Å². The maximum absolute atomic E-state index is 12.5. The smallest absolute Gasteiger partial charge is 0.246 e. The second kappa shape index (κ2) is 11.5. The van der Waals surface area contributed by atoms with Gasteiger partial charge in [-0.3, -0.25) is 19.3 Å². The van der Waals surface area contributed by atoms with Crippen LogP contribution in [0, 0.1) is 0 Å². The van der Waals surface area contributed by atoms with Crippen LogP contribution in [0.5, 0.6) is 0 Å². The van der Waals surface area contributed by atoms with Gasteiger partial charge in [0.2, 0.25) is 11.8 Å². The van der Waals surface area contributed by atoms with Crippen molar-refractivity contribution in [3.63, 3.8) is 0 Å². The highest BCUT2D eigenvalue weighted by Crippen LogP contribution is 2.15. The molecule has 1 aromatic carbocycles. The van der Waals surface area contributed by atoms with Crippen molar-refractivity contribution in [3.8, 4) is 0 Å². The molecule has 0 saturated carbocycles. The highest BCUT2D eigenvalue weighted by atomic mass is 127. The molecule has 30 heavy (non-hydrogen) atoms. The average Bonchev–Trinajstić information content (AvgIpc) is 3.15. The minimum atomic E-state index is -0.109. The summed E-state index contributed by atoms with van der Waals surface area (Å²) in [5.41, 5.74) is 1.97. The number of aromatic nitrogens is 2. The first-order chi connectivity index (χ1) is 14.1. The number of hydrogen-bond donors (Lipinski definition) is 2. The van der Waals surface area contributed by atoms with Crippen molar-refractivity contribution < 1.29 is 9.59 Å². The molecule has 0 unspecified atom stereocenters. The van der Waals surface area contributed by atoms with Crippen LogP contribution < -0.4 is 15.5 Å². The number of anilines is 1. The number of hydrogen-bond acceptors (Lipinski definition) is 4. The van der Waals surface area contributed by atoms with Gasteiger partial charge in [0.25, 0.3) is 0 Å². The highest BCUT2D eigenvalue weighted by Gasteiger charge is 2.27. The Morgan fingerprint density at radius 1 is 1.20 bits per heavy atom. The normalized spacial score (nSPS) is 14.3. The summed E-state index contributed by atoms with van der Waals surface area (Å²) in [6, 6.07) is 10.0. The third-order valence-corrected chi connectivity index (χ3v) is 4.72. The van der Waals surface area contributed by atoms with E-state index >= 15 is 0 Å². The fraction of sp³-hybridized carbons (Fsp3) is 0.400. The minimum Gasteiger partial charge on any atom is -0.354 e. The maximum atomic E-state index is 12.5. The van der Waals surface area contributed by atoms with Crippen LogP contribution in [0.4, 0.5) is 5.69 Å². The lowest BCUT2D eigenvalue weighted by Gasteiger charge is -2.35. The number of guanidine groups is 1. The molecule has 1 aromatic heterocycles. The molecule has 162 valence electrons. The fourth-order valence-electron chi connectivity index (χ4n) is 3.22. The van der Waals surface area contributed by atoms with Crippen LogP contribution in [0.1, 0.15) is 5.56 Å². The molecule has 0 aliphatic carbocycles. The van der Waals surface area contributed by atoms with Gasteiger partial charge >= 0.3 is 0 Å². The molecule has 1 aliphatic heterocycles. The Balaban J connectivity index is 0.00000320.